The molecule has 0 saturated heterocycles. The highest BCUT2D eigenvalue weighted by atomic mass is 16.5. The minimum Gasteiger partial charge on any atom is -0.381 e. The maximum Gasteiger partial charge on any atom is 0.221 e. The van der Waals surface area contributed by atoms with Crippen LogP contribution in [0.5, 0.6) is 0 Å². The summed E-state index contributed by atoms with van der Waals surface area (Å²) in [7, 11) is 1.71. The van der Waals surface area contributed by atoms with Gasteiger partial charge < -0.3 is 15.8 Å². The van der Waals surface area contributed by atoms with Crippen LogP contribution in [0.25, 0.3) is 0 Å². The largest absolute Gasteiger partial charge is 0.381 e. The Labute approximate surface area is 91.5 Å². The van der Waals surface area contributed by atoms with Gasteiger partial charge in [-0.15, -0.1) is 0 Å². The van der Waals surface area contributed by atoms with Crippen LogP contribution in [-0.4, -0.2) is 31.2 Å². The summed E-state index contributed by atoms with van der Waals surface area (Å²) in [5.41, 5.74) is 5.59. The van der Waals surface area contributed by atoms with Gasteiger partial charge in [0.05, 0.1) is 6.10 Å². The molecular formula is C11H22N2O2. The van der Waals surface area contributed by atoms with Crippen LogP contribution in [0.2, 0.25) is 0 Å². The predicted octanol–water partition coefficient (Wildman–Crippen LogP) is 0.653. The van der Waals surface area contributed by atoms with Gasteiger partial charge in [0.1, 0.15) is 0 Å². The van der Waals surface area contributed by atoms with Crippen molar-refractivity contribution in [2.75, 3.05) is 7.11 Å². The fourth-order valence-corrected chi connectivity index (χ4v) is 2.08. The Bertz CT molecular complexity index is 239. The number of rotatable bonds is 4. The van der Waals surface area contributed by atoms with E-state index in [2.05, 4.69) is 19.2 Å². The van der Waals surface area contributed by atoms with E-state index in [-0.39, 0.29) is 29.5 Å². The van der Waals surface area contributed by atoms with Gasteiger partial charge >= 0.3 is 0 Å². The lowest BCUT2D eigenvalue weighted by Crippen LogP contribution is -2.62. The number of methoxy groups -OCH3 is 1. The Morgan fingerprint density at radius 3 is 2.67 bits per heavy atom. The average Bonchev–Trinajstić information content (AvgIpc) is 2.10. The van der Waals surface area contributed by atoms with E-state index in [4.69, 9.17) is 10.5 Å². The van der Waals surface area contributed by atoms with E-state index in [1.54, 1.807) is 7.11 Å². The highest BCUT2D eigenvalue weighted by molar-refractivity contribution is 5.77. The number of hydrogen-bond donors (Lipinski definition) is 2. The van der Waals surface area contributed by atoms with Crippen molar-refractivity contribution in [3.63, 3.8) is 0 Å². The van der Waals surface area contributed by atoms with Gasteiger partial charge in [0, 0.05) is 31.0 Å². The molecule has 0 aliphatic heterocycles. The fraction of sp³-hybridized carbons (Fsp3) is 0.909. The lowest BCUT2D eigenvalue weighted by molar-refractivity contribution is -0.132. The summed E-state index contributed by atoms with van der Waals surface area (Å²) in [6, 6.07) is 0.139. The molecule has 0 aromatic rings. The van der Waals surface area contributed by atoms with Gasteiger partial charge in [-0.1, -0.05) is 13.8 Å². The maximum absolute atomic E-state index is 11.5. The number of carbonyl (C=O) groups excluding carboxylic acids is 1. The summed E-state index contributed by atoms with van der Waals surface area (Å²) in [4.78, 5) is 11.5. The Morgan fingerprint density at radius 2 is 2.27 bits per heavy atom. The number of carbonyl (C=O) groups is 1. The monoisotopic (exact) mass is 214 g/mol. The molecule has 15 heavy (non-hydrogen) atoms. The van der Waals surface area contributed by atoms with E-state index in [0.29, 0.717) is 6.42 Å². The molecule has 0 bridgehead atoms. The first-order valence-electron chi connectivity index (χ1n) is 5.45. The van der Waals surface area contributed by atoms with Gasteiger partial charge in [-0.2, -0.15) is 0 Å². The Hall–Kier alpha value is -0.610. The number of hydrogen-bond acceptors (Lipinski definition) is 3. The van der Waals surface area contributed by atoms with Crippen molar-refractivity contribution in [1.82, 2.24) is 5.32 Å². The van der Waals surface area contributed by atoms with E-state index in [0.717, 1.165) is 6.42 Å². The zero-order chi connectivity index (χ0) is 11.6. The average molecular weight is 214 g/mol. The molecule has 0 spiro atoms. The molecule has 3 unspecified atom stereocenters. The molecule has 0 aromatic carbocycles. The van der Waals surface area contributed by atoms with Crippen LogP contribution in [-0.2, 0) is 9.53 Å². The van der Waals surface area contributed by atoms with Gasteiger partial charge in [0.2, 0.25) is 5.91 Å². The first-order valence-corrected chi connectivity index (χ1v) is 5.45. The third kappa shape index (κ3) is 2.69. The molecular weight excluding hydrogens is 192 g/mol. The van der Waals surface area contributed by atoms with Crippen molar-refractivity contribution in [3.8, 4) is 0 Å². The Balaban J connectivity index is 2.39. The number of nitrogens with one attached hydrogen (secondary N) is 1. The van der Waals surface area contributed by atoms with Crippen molar-refractivity contribution in [3.05, 3.63) is 0 Å². The summed E-state index contributed by atoms with van der Waals surface area (Å²) in [5, 5.41) is 3.00. The molecule has 1 rings (SSSR count). The standard InChI is InChI=1S/C11H22N2O2/c1-7(12)5-10(14)13-8-6-9(15-4)11(8,2)3/h7-9H,5-6,12H2,1-4H3,(H,13,14). The molecule has 0 radical (unpaired) electrons. The Morgan fingerprint density at radius 1 is 1.67 bits per heavy atom. The first kappa shape index (κ1) is 12.5. The van der Waals surface area contributed by atoms with Crippen LogP contribution in [0.15, 0.2) is 0 Å². The molecule has 4 heteroatoms. The molecule has 1 saturated carbocycles. The van der Waals surface area contributed by atoms with Crippen molar-refractivity contribution in [2.45, 2.75) is 51.8 Å². The van der Waals surface area contributed by atoms with Gasteiger partial charge in [0.15, 0.2) is 0 Å². The highest BCUT2D eigenvalue weighted by Gasteiger charge is 2.49. The van der Waals surface area contributed by atoms with Crippen LogP contribution in [0.3, 0.4) is 0 Å². The number of ether oxygens (including phenoxy) is 1. The molecule has 3 N–H and O–H groups in total. The molecule has 4 nitrogen and oxygen atoms in total. The topological polar surface area (TPSA) is 64.3 Å². The van der Waals surface area contributed by atoms with E-state index in [1.807, 2.05) is 6.92 Å². The van der Waals surface area contributed by atoms with E-state index in [1.165, 1.54) is 0 Å². The van der Waals surface area contributed by atoms with Gasteiger partial charge in [-0.3, -0.25) is 4.79 Å². The van der Waals surface area contributed by atoms with Gasteiger partial charge in [-0.25, -0.2) is 0 Å². The van der Waals surface area contributed by atoms with Crippen LogP contribution >= 0.6 is 0 Å². The van der Waals surface area contributed by atoms with Crippen LogP contribution in [0, 0.1) is 5.41 Å². The molecule has 1 amide bonds. The summed E-state index contributed by atoms with van der Waals surface area (Å²) in [5.74, 6) is 0.0395. The number of amides is 1. The normalized spacial score (nSPS) is 30.5. The highest BCUT2D eigenvalue weighted by Crippen LogP contribution is 2.42. The van der Waals surface area contributed by atoms with E-state index >= 15 is 0 Å². The van der Waals surface area contributed by atoms with E-state index in [9.17, 15) is 4.79 Å². The minimum absolute atomic E-state index is 0.0300. The van der Waals surface area contributed by atoms with Crippen LogP contribution in [0.4, 0.5) is 0 Å². The summed E-state index contributed by atoms with van der Waals surface area (Å²) in [6.45, 7) is 6.06. The molecule has 3 atom stereocenters. The summed E-state index contributed by atoms with van der Waals surface area (Å²) in [6.07, 6.45) is 1.54. The van der Waals surface area contributed by atoms with Crippen molar-refractivity contribution in [2.24, 2.45) is 11.1 Å². The Kier molecular flexibility index (Phi) is 3.73. The number of nitrogens with two attached hydrogens (primary N) is 1. The lowest BCUT2D eigenvalue weighted by atomic mass is 9.64. The summed E-state index contributed by atoms with van der Waals surface area (Å²) >= 11 is 0. The summed E-state index contributed by atoms with van der Waals surface area (Å²) < 4.78 is 5.32. The van der Waals surface area contributed by atoms with Crippen LogP contribution in [0.1, 0.15) is 33.6 Å². The molecule has 1 aliphatic carbocycles. The molecule has 0 heterocycles. The smallest absolute Gasteiger partial charge is 0.221 e. The second-order valence-electron chi connectivity index (χ2n) is 5.08. The quantitative estimate of drug-likeness (QED) is 0.722. The predicted molar refractivity (Wildman–Crippen MR) is 59.4 cm³/mol. The first-order chi connectivity index (χ1) is 6.87. The molecule has 1 aliphatic rings. The zero-order valence-electron chi connectivity index (χ0n) is 10.0. The van der Waals surface area contributed by atoms with Crippen molar-refractivity contribution in [1.29, 1.82) is 0 Å². The van der Waals surface area contributed by atoms with Crippen molar-refractivity contribution >= 4 is 5.91 Å². The van der Waals surface area contributed by atoms with Crippen molar-refractivity contribution < 1.29 is 9.53 Å². The molecule has 88 valence electrons. The molecule has 0 aromatic heterocycles. The minimum atomic E-state index is -0.0774. The zero-order valence-corrected chi connectivity index (χ0v) is 10.0. The van der Waals surface area contributed by atoms with Gasteiger partial charge in [0.25, 0.3) is 0 Å². The second kappa shape index (κ2) is 4.49. The second-order valence-corrected chi connectivity index (χ2v) is 5.08. The maximum atomic E-state index is 11.5. The third-order valence-corrected chi connectivity index (χ3v) is 3.30. The molecule has 1 fully saturated rings. The third-order valence-electron chi connectivity index (χ3n) is 3.30. The van der Waals surface area contributed by atoms with E-state index < -0.39 is 0 Å². The van der Waals surface area contributed by atoms with Crippen LogP contribution < -0.4 is 11.1 Å². The SMILES string of the molecule is COC1CC(NC(=O)CC(C)N)C1(C)C. The fourth-order valence-electron chi connectivity index (χ4n) is 2.08. The lowest BCUT2D eigenvalue weighted by Gasteiger charge is -2.51. The van der Waals surface area contributed by atoms with Gasteiger partial charge in [-0.05, 0) is 13.3 Å².